The average Bonchev–Trinajstić information content (AvgIpc) is 3.34. The van der Waals surface area contributed by atoms with E-state index in [4.69, 9.17) is 4.74 Å². The van der Waals surface area contributed by atoms with Crippen molar-refractivity contribution in [3.8, 4) is 15.6 Å². The number of nitrogens with one attached hydrogen (secondary N) is 2. The Morgan fingerprint density at radius 2 is 2.00 bits per heavy atom. The third-order valence-electron chi connectivity index (χ3n) is 4.20. The lowest BCUT2D eigenvalue weighted by Gasteiger charge is -2.18. The molecular formula is C20H13N3O3S2. The van der Waals surface area contributed by atoms with Crippen molar-refractivity contribution in [1.29, 1.82) is 0 Å². The van der Waals surface area contributed by atoms with Crippen molar-refractivity contribution in [3.63, 3.8) is 0 Å². The summed E-state index contributed by atoms with van der Waals surface area (Å²) in [6, 6.07) is 16.8. The molecule has 0 bridgehead atoms. The van der Waals surface area contributed by atoms with Crippen molar-refractivity contribution in [1.82, 2.24) is 4.98 Å². The first kappa shape index (κ1) is 16.9. The van der Waals surface area contributed by atoms with Gasteiger partial charge in [-0.3, -0.25) is 9.59 Å². The number of aromatic nitrogens is 1. The third kappa shape index (κ3) is 3.12. The molecule has 0 unspecified atom stereocenters. The second-order valence-corrected chi connectivity index (χ2v) is 8.27. The number of hydrogen-bond acceptors (Lipinski definition) is 6. The van der Waals surface area contributed by atoms with Gasteiger partial charge in [0, 0.05) is 5.69 Å². The second kappa shape index (κ2) is 6.74. The molecule has 0 radical (unpaired) electrons. The number of rotatable bonds is 3. The molecule has 2 aromatic heterocycles. The van der Waals surface area contributed by atoms with Gasteiger partial charge in [-0.1, -0.05) is 12.1 Å². The SMILES string of the molecule is O=C1COc2ccc(NC(=O)c3ccc(-c4nc5ccccc5s4)s3)cc2N1. The summed E-state index contributed by atoms with van der Waals surface area (Å²) >= 11 is 3.01. The summed E-state index contributed by atoms with van der Waals surface area (Å²) in [5, 5.41) is 6.50. The van der Waals surface area contributed by atoms with Gasteiger partial charge in [-0.15, -0.1) is 22.7 Å². The molecule has 138 valence electrons. The minimum absolute atomic E-state index is 0.00243. The van der Waals surface area contributed by atoms with Gasteiger partial charge in [0.15, 0.2) is 6.61 Å². The molecule has 5 rings (SSSR count). The van der Waals surface area contributed by atoms with E-state index < -0.39 is 0 Å². The van der Waals surface area contributed by atoms with Gasteiger partial charge in [-0.25, -0.2) is 4.98 Å². The smallest absolute Gasteiger partial charge is 0.265 e. The van der Waals surface area contributed by atoms with Gasteiger partial charge in [0.25, 0.3) is 11.8 Å². The summed E-state index contributed by atoms with van der Waals surface area (Å²) in [4.78, 5) is 30.3. The first-order valence-corrected chi connectivity index (χ1v) is 10.1. The molecule has 1 aliphatic heterocycles. The fraction of sp³-hybridized carbons (Fsp3) is 0.0500. The standard InChI is InChI=1S/C20H13N3O3S2/c24-18-10-26-14-6-5-11(9-13(14)22-18)21-19(25)16-7-8-17(27-16)20-23-12-3-1-2-4-15(12)28-20/h1-9H,10H2,(H,21,25)(H,22,24). The lowest BCUT2D eigenvalue weighted by molar-refractivity contribution is -0.118. The zero-order chi connectivity index (χ0) is 19.1. The van der Waals surface area contributed by atoms with Gasteiger partial charge < -0.3 is 15.4 Å². The van der Waals surface area contributed by atoms with E-state index in [9.17, 15) is 9.59 Å². The van der Waals surface area contributed by atoms with Crippen LogP contribution < -0.4 is 15.4 Å². The number of anilines is 2. The van der Waals surface area contributed by atoms with Crippen LogP contribution in [0.2, 0.25) is 0 Å². The first-order chi connectivity index (χ1) is 13.7. The zero-order valence-electron chi connectivity index (χ0n) is 14.4. The molecule has 0 aliphatic carbocycles. The lowest BCUT2D eigenvalue weighted by atomic mass is 10.2. The molecule has 0 spiro atoms. The number of nitrogens with zero attached hydrogens (tertiary/aromatic N) is 1. The van der Waals surface area contributed by atoms with Crippen LogP contribution >= 0.6 is 22.7 Å². The number of fused-ring (bicyclic) bond motifs is 2. The van der Waals surface area contributed by atoms with E-state index in [1.807, 2.05) is 30.3 Å². The number of amides is 2. The normalized spacial score (nSPS) is 12.9. The van der Waals surface area contributed by atoms with Crippen LogP contribution in [-0.4, -0.2) is 23.4 Å². The first-order valence-electron chi connectivity index (χ1n) is 8.49. The van der Waals surface area contributed by atoms with Crippen LogP contribution in [-0.2, 0) is 4.79 Å². The van der Waals surface area contributed by atoms with Crippen LogP contribution in [0, 0.1) is 0 Å². The van der Waals surface area contributed by atoms with Gasteiger partial charge in [-0.2, -0.15) is 0 Å². The van der Waals surface area contributed by atoms with E-state index in [0.29, 0.717) is 22.0 Å². The molecule has 6 nitrogen and oxygen atoms in total. The Bertz CT molecular complexity index is 1200. The molecule has 2 N–H and O–H groups in total. The largest absolute Gasteiger partial charge is 0.482 e. The van der Waals surface area contributed by atoms with Gasteiger partial charge in [0.2, 0.25) is 0 Å². The molecule has 0 saturated carbocycles. The Morgan fingerprint density at radius 3 is 2.89 bits per heavy atom. The van der Waals surface area contributed by atoms with E-state index in [1.54, 1.807) is 35.6 Å². The summed E-state index contributed by atoms with van der Waals surface area (Å²) in [7, 11) is 0. The Morgan fingerprint density at radius 1 is 1.11 bits per heavy atom. The quantitative estimate of drug-likeness (QED) is 0.520. The number of thiazole rings is 1. The van der Waals surface area contributed by atoms with Gasteiger partial charge >= 0.3 is 0 Å². The van der Waals surface area contributed by atoms with Crippen molar-refractivity contribution in [2.45, 2.75) is 0 Å². The number of ether oxygens (including phenoxy) is 1. The third-order valence-corrected chi connectivity index (χ3v) is 6.49. The van der Waals surface area contributed by atoms with E-state index in [2.05, 4.69) is 15.6 Å². The van der Waals surface area contributed by atoms with Crippen LogP contribution in [0.1, 0.15) is 9.67 Å². The maximum absolute atomic E-state index is 12.6. The van der Waals surface area contributed by atoms with Crippen LogP contribution in [0.3, 0.4) is 0 Å². The average molecular weight is 407 g/mol. The summed E-state index contributed by atoms with van der Waals surface area (Å²) in [5.74, 6) is 0.168. The van der Waals surface area contributed by atoms with Crippen molar-refractivity contribution >= 4 is 56.1 Å². The number of para-hydroxylation sites is 1. The Kier molecular flexibility index (Phi) is 4.07. The molecule has 28 heavy (non-hydrogen) atoms. The molecule has 0 atom stereocenters. The summed E-state index contributed by atoms with van der Waals surface area (Å²) in [5.41, 5.74) is 2.10. The fourth-order valence-corrected chi connectivity index (χ4v) is 4.83. The summed E-state index contributed by atoms with van der Waals surface area (Å²) in [6.45, 7) is 0.00243. The second-order valence-electron chi connectivity index (χ2n) is 6.15. The van der Waals surface area contributed by atoms with Gasteiger partial charge in [0.05, 0.1) is 25.7 Å². The molecule has 2 aromatic carbocycles. The molecule has 2 amide bonds. The Balaban J connectivity index is 1.36. The van der Waals surface area contributed by atoms with Crippen LogP contribution in [0.4, 0.5) is 11.4 Å². The number of carbonyl (C=O) groups is 2. The molecule has 1 aliphatic rings. The Labute approximate surface area is 167 Å². The van der Waals surface area contributed by atoms with E-state index in [0.717, 1.165) is 20.1 Å². The lowest BCUT2D eigenvalue weighted by Crippen LogP contribution is -2.25. The molecule has 8 heteroatoms. The van der Waals surface area contributed by atoms with Crippen molar-refractivity contribution in [3.05, 3.63) is 59.5 Å². The predicted octanol–water partition coefficient (Wildman–Crippen LogP) is 4.61. The molecule has 0 fully saturated rings. The summed E-state index contributed by atoms with van der Waals surface area (Å²) in [6.07, 6.45) is 0. The highest BCUT2D eigenvalue weighted by Crippen LogP contribution is 2.35. The van der Waals surface area contributed by atoms with Crippen LogP contribution in [0.5, 0.6) is 5.75 Å². The van der Waals surface area contributed by atoms with E-state index in [-0.39, 0.29) is 18.4 Å². The topological polar surface area (TPSA) is 80.3 Å². The zero-order valence-corrected chi connectivity index (χ0v) is 16.0. The number of carbonyl (C=O) groups excluding carboxylic acids is 2. The Hall–Kier alpha value is -3.23. The predicted molar refractivity (Wildman–Crippen MR) is 111 cm³/mol. The fourth-order valence-electron chi connectivity index (χ4n) is 2.91. The van der Waals surface area contributed by atoms with Gasteiger partial charge in [0.1, 0.15) is 10.8 Å². The minimum Gasteiger partial charge on any atom is -0.482 e. The maximum atomic E-state index is 12.6. The number of thiophene rings is 1. The van der Waals surface area contributed by atoms with Crippen molar-refractivity contribution in [2.75, 3.05) is 17.2 Å². The van der Waals surface area contributed by atoms with E-state index in [1.165, 1.54) is 11.3 Å². The monoisotopic (exact) mass is 407 g/mol. The minimum atomic E-state index is -0.213. The molecule has 0 saturated heterocycles. The number of benzene rings is 2. The number of hydrogen-bond donors (Lipinski definition) is 2. The van der Waals surface area contributed by atoms with E-state index >= 15 is 0 Å². The van der Waals surface area contributed by atoms with Gasteiger partial charge in [-0.05, 0) is 42.5 Å². The highest BCUT2D eigenvalue weighted by atomic mass is 32.1. The summed E-state index contributed by atoms with van der Waals surface area (Å²) < 4.78 is 6.45. The van der Waals surface area contributed by atoms with Crippen LogP contribution in [0.25, 0.3) is 20.1 Å². The molecule has 4 aromatic rings. The van der Waals surface area contributed by atoms with Crippen molar-refractivity contribution < 1.29 is 14.3 Å². The highest BCUT2D eigenvalue weighted by Gasteiger charge is 2.18. The maximum Gasteiger partial charge on any atom is 0.265 e. The van der Waals surface area contributed by atoms with Crippen molar-refractivity contribution in [2.24, 2.45) is 0 Å². The van der Waals surface area contributed by atoms with Crippen LogP contribution in [0.15, 0.2) is 54.6 Å². The molecular weight excluding hydrogens is 394 g/mol. The molecule has 3 heterocycles. The highest BCUT2D eigenvalue weighted by molar-refractivity contribution is 7.26.